The van der Waals surface area contributed by atoms with Crippen LogP contribution in [0.1, 0.15) is 5.82 Å². The van der Waals surface area contributed by atoms with Crippen LogP contribution in [0.4, 0.5) is 17.3 Å². The van der Waals surface area contributed by atoms with Gasteiger partial charge in [-0.2, -0.15) is 0 Å². The maximum Gasteiger partial charge on any atom is 0.142 e. The third kappa shape index (κ3) is 4.11. The highest BCUT2D eigenvalue weighted by Gasteiger charge is 2.17. The van der Waals surface area contributed by atoms with E-state index in [9.17, 15) is 0 Å². The van der Waals surface area contributed by atoms with E-state index < -0.39 is 0 Å². The molecule has 134 valence electrons. The largest absolute Gasteiger partial charge is 0.497 e. The molecule has 0 atom stereocenters. The van der Waals surface area contributed by atoms with E-state index in [0.29, 0.717) is 0 Å². The summed E-state index contributed by atoms with van der Waals surface area (Å²) in [4.78, 5) is 13.7. The van der Waals surface area contributed by atoms with Gasteiger partial charge in [-0.15, -0.1) is 0 Å². The number of hydrogen-bond donors (Lipinski definition) is 1. The summed E-state index contributed by atoms with van der Waals surface area (Å²) in [6.45, 7) is 5.92. The molecular formula is C18H25N5O2. The Morgan fingerprint density at radius 2 is 1.76 bits per heavy atom. The van der Waals surface area contributed by atoms with Crippen LogP contribution in [-0.2, 0) is 0 Å². The number of rotatable bonds is 5. The van der Waals surface area contributed by atoms with Crippen molar-refractivity contribution in [1.82, 2.24) is 14.9 Å². The van der Waals surface area contributed by atoms with Gasteiger partial charge in [0, 0.05) is 38.3 Å². The lowest BCUT2D eigenvalue weighted by Gasteiger charge is -2.33. The molecule has 25 heavy (non-hydrogen) atoms. The molecular weight excluding hydrogens is 318 g/mol. The van der Waals surface area contributed by atoms with E-state index in [1.54, 1.807) is 14.2 Å². The molecule has 2 aromatic rings. The fourth-order valence-corrected chi connectivity index (χ4v) is 2.86. The van der Waals surface area contributed by atoms with Crippen LogP contribution in [0, 0.1) is 6.92 Å². The molecule has 1 aromatic carbocycles. The molecule has 7 nitrogen and oxygen atoms in total. The van der Waals surface area contributed by atoms with Crippen molar-refractivity contribution in [2.75, 3.05) is 57.7 Å². The molecule has 2 heterocycles. The quantitative estimate of drug-likeness (QED) is 0.894. The summed E-state index contributed by atoms with van der Waals surface area (Å²) in [6, 6.07) is 7.62. The normalized spacial score (nSPS) is 15.1. The average Bonchev–Trinajstić information content (AvgIpc) is 2.61. The van der Waals surface area contributed by atoms with Gasteiger partial charge in [0.25, 0.3) is 0 Å². The van der Waals surface area contributed by atoms with Crippen molar-refractivity contribution in [2.24, 2.45) is 0 Å². The van der Waals surface area contributed by atoms with E-state index >= 15 is 0 Å². The van der Waals surface area contributed by atoms with Crippen LogP contribution in [-0.4, -0.2) is 62.3 Å². The number of nitrogens with one attached hydrogen (secondary N) is 1. The molecule has 0 radical (unpaired) electrons. The molecule has 0 bridgehead atoms. The molecule has 1 aliphatic rings. The van der Waals surface area contributed by atoms with Gasteiger partial charge in [-0.05, 0) is 26.1 Å². The zero-order valence-corrected chi connectivity index (χ0v) is 15.2. The molecule has 0 saturated carbocycles. The smallest absolute Gasteiger partial charge is 0.142 e. The first-order chi connectivity index (χ1) is 12.1. The summed E-state index contributed by atoms with van der Waals surface area (Å²) in [7, 11) is 5.43. The van der Waals surface area contributed by atoms with Crippen molar-refractivity contribution in [2.45, 2.75) is 6.92 Å². The number of anilines is 3. The van der Waals surface area contributed by atoms with Gasteiger partial charge in [0.05, 0.1) is 19.9 Å². The van der Waals surface area contributed by atoms with Crippen LogP contribution in [0.2, 0.25) is 0 Å². The summed E-state index contributed by atoms with van der Waals surface area (Å²) in [5.74, 6) is 3.92. The summed E-state index contributed by atoms with van der Waals surface area (Å²) >= 11 is 0. The van der Waals surface area contributed by atoms with Gasteiger partial charge in [-0.3, -0.25) is 0 Å². The first-order valence-electron chi connectivity index (χ1n) is 8.37. The second-order valence-electron chi connectivity index (χ2n) is 6.14. The van der Waals surface area contributed by atoms with Crippen molar-refractivity contribution < 1.29 is 9.47 Å². The topological polar surface area (TPSA) is 62.8 Å². The highest BCUT2D eigenvalue weighted by Crippen LogP contribution is 2.31. The Hall–Kier alpha value is -2.54. The van der Waals surface area contributed by atoms with Crippen LogP contribution >= 0.6 is 0 Å². The summed E-state index contributed by atoms with van der Waals surface area (Å²) in [6.07, 6.45) is 0. The third-order valence-electron chi connectivity index (χ3n) is 4.32. The lowest BCUT2D eigenvalue weighted by atomic mass is 10.2. The molecule has 0 aliphatic carbocycles. The Balaban J connectivity index is 1.86. The molecule has 1 saturated heterocycles. The molecule has 1 aliphatic heterocycles. The van der Waals surface area contributed by atoms with Gasteiger partial charge in [-0.25, -0.2) is 9.97 Å². The molecule has 1 N–H and O–H groups in total. The Morgan fingerprint density at radius 3 is 2.44 bits per heavy atom. The molecule has 1 fully saturated rings. The zero-order valence-electron chi connectivity index (χ0n) is 15.2. The van der Waals surface area contributed by atoms with Crippen molar-refractivity contribution in [1.29, 1.82) is 0 Å². The van der Waals surface area contributed by atoms with Gasteiger partial charge in [0.2, 0.25) is 0 Å². The van der Waals surface area contributed by atoms with Gasteiger partial charge in [0.1, 0.15) is 29.0 Å². The van der Waals surface area contributed by atoms with E-state index in [4.69, 9.17) is 9.47 Å². The second kappa shape index (κ2) is 7.57. The number of methoxy groups -OCH3 is 2. The van der Waals surface area contributed by atoms with E-state index in [1.807, 2.05) is 31.2 Å². The van der Waals surface area contributed by atoms with E-state index in [-0.39, 0.29) is 0 Å². The molecule has 7 heteroatoms. The minimum Gasteiger partial charge on any atom is -0.497 e. The number of hydrogen-bond acceptors (Lipinski definition) is 7. The number of ether oxygens (including phenoxy) is 2. The van der Waals surface area contributed by atoms with Crippen LogP contribution in [0.25, 0.3) is 0 Å². The minimum atomic E-state index is 0.734. The van der Waals surface area contributed by atoms with Crippen molar-refractivity contribution in [3.8, 4) is 11.5 Å². The van der Waals surface area contributed by atoms with Crippen LogP contribution in [0.15, 0.2) is 24.3 Å². The standard InChI is InChI=1S/C18H25N5O2/c1-13-19-17(12-18(20-13)23-9-7-22(2)8-10-23)21-15-11-14(24-3)5-6-16(15)25-4/h5-6,11-12H,7-10H2,1-4H3,(H,19,20,21). The molecule has 0 amide bonds. The van der Waals surface area contributed by atoms with Crippen molar-refractivity contribution in [3.05, 3.63) is 30.1 Å². The van der Waals surface area contributed by atoms with Gasteiger partial charge >= 0.3 is 0 Å². The first-order valence-corrected chi connectivity index (χ1v) is 8.37. The van der Waals surface area contributed by atoms with Crippen molar-refractivity contribution in [3.63, 3.8) is 0 Å². The SMILES string of the molecule is COc1ccc(OC)c(Nc2cc(N3CCN(C)CC3)nc(C)n2)c1. The highest BCUT2D eigenvalue weighted by molar-refractivity contribution is 5.67. The first kappa shape index (κ1) is 17.3. The van der Waals surface area contributed by atoms with Gasteiger partial charge < -0.3 is 24.6 Å². The number of piperazine rings is 1. The van der Waals surface area contributed by atoms with Crippen LogP contribution in [0.5, 0.6) is 11.5 Å². The third-order valence-corrected chi connectivity index (χ3v) is 4.32. The fourth-order valence-electron chi connectivity index (χ4n) is 2.86. The summed E-state index contributed by atoms with van der Waals surface area (Å²) in [5, 5.41) is 3.33. The van der Waals surface area contributed by atoms with Gasteiger partial charge in [0.15, 0.2) is 0 Å². The second-order valence-corrected chi connectivity index (χ2v) is 6.14. The molecule has 3 rings (SSSR count). The number of aryl methyl sites for hydroxylation is 1. The van der Waals surface area contributed by atoms with E-state index in [2.05, 4.69) is 32.1 Å². The fraction of sp³-hybridized carbons (Fsp3) is 0.444. The van der Waals surface area contributed by atoms with E-state index in [1.165, 1.54) is 0 Å². The van der Waals surface area contributed by atoms with Crippen LogP contribution < -0.4 is 19.7 Å². The number of aromatic nitrogens is 2. The number of benzene rings is 1. The molecule has 0 unspecified atom stereocenters. The predicted molar refractivity (Wildman–Crippen MR) is 99.3 cm³/mol. The minimum absolute atomic E-state index is 0.734. The zero-order chi connectivity index (χ0) is 17.8. The lowest BCUT2D eigenvalue weighted by Crippen LogP contribution is -2.44. The lowest BCUT2D eigenvalue weighted by molar-refractivity contribution is 0.312. The van der Waals surface area contributed by atoms with Gasteiger partial charge in [-0.1, -0.05) is 0 Å². The Kier molecular flexibility index (Phi) is 5.23. The molecule has 0 spiro atoms. The summed E-state index contributed by atoms with van der Waals surface area (Å²) < 4.78 is 10.7. The van der Waals surface area contributed by atoms with Crippen LogP contribution in [0.3, 0.4) is 0 Å². The Labute approximate surface area is 148 Å². The number of likely N-dealkylation sites (N-methyl/N-ethyl adjacent to an activating group) is 1. The van der Waals surface area contributed by atoms with E-state index in [0.717, 1.165) is 60.8 Å². The predicted octanol–water partition coefficient (Wildman–Crippen LogP) is 2.30. The molecule has 1 aromatic heterocycles. The highest BCUT2D eigenvalue weighted by atomic mass is 16.5. The average molecular weight is 343 g/mol. The maximum atomic E-state index is 5.43. The Bertz CT molecular complexity index is 729. The summed E-state index contributed by atoms with van der Waals surface area (Å²) in [5.41, 5.74) is 0.810. The number of nitrogens with zero attached hydrogens (tertiary/aromatic N) is 4. The Morgan fingerprint density at radius 1 is 1.00 bits per heavy atom. The van der Waals surface area contributed by atoms with Crippen molar-refractivity contribution >= 4 is 17.3 Å². The maximum absolute atomic E-state index is 5.43. The monoisotopic (exact) mass is 343 g/mol.